The van der Waals surface area contributed by atoms with Crippen LogP contribution in [0.25, 0.3) is 0 Å². The van der Waals surface area contributed by atoms with E-state index in [-0.39, 0.29) is 22.7 Å². The first-order valence-electron chi connectivity index (χ1n) is 5.69. The summed E-state index contributed by atoms with van der Waals surface area (Å²) in [6, 6.07) is 6.28. The monoisotopic (exact) mass is 293 g/mol. The van der Waals surface area contributed by atoms with Crippen LogP contribution < -0.4 is 5.43 Å². The van der Waals surface area contributed by atoms with Crippen molar-refractivity contribution < 1.29 is 18.8 Å². The van der Waals surface area contributed by atoms with E-state index in [1.165, 1.54) is 0 Å². The number of hydrogen-bond donors (Lipinski definition) is 2. The molecule has 0 saturated heterocycles. The maximum absolute atomic E-state index is 13.3. The molecule has 0 amide bonds. The van der Waals surface area contributed by atoms with Crippen molar-refractivity contribution in [3.05, 3.63) is 63.7 Å². The molecule has 0 fully saturated rings. The van der Waals surface area contributed by atoms with Crippen molar-refractivity contribution in [2.24, 2.45) is 5.10 Å². The number of non-ortho nitro benzene ring substituents is 1. The largest absolute Gasteiger partial charge is 0.507 e. The Bertz CT molecular complexity index is 720. The van der Waals surface area contributed by atoms with Crippen LogP contribution in [-0.2, 0) is 0 Å². The summed E-state index contributed by atoms with van der Waals surface area (Å²) < 4.78 is 26.0. The molecule has 6 nitrogen and oxygen atoms in total. The van der Waals surface area contributed by atoms with Crippen LogP contribution in [0.15, 0.2) is 41.5 Å². The van der Waals surface area contributed by atoms with Gasteiger partial charge in [0.1, 0.15) is 11.6 Å². The van der Waals surface area contributed by atoms with Gasteiger partial charge in [-0.15, -0.1) is 0 Å². The van der Waals surface area contributed by atoms with Crippen LogP contribution in [0.3, 0.4) is 0 Å². The SMILES string of the molecule is O=[N+]([O-])c1ccc(O)c(/C=N/Nc2ccc(F)cc2F)c1. The minimum absolute atomic E-state index is 0.0717. The zero-order valence-corrected chi connectivity index (χ0v) is 10.5. The van der Waals surface area contributed by atoms with Crippen molar-refractivity contribution in [1.29, 1.82) is 0 Å². The molecule has 2 aromatic rings. The van der Waals surface area contributed by atoms with Crippen LogP contribution in [0.2, 0.25) is 0 Å². The van der Waals surface area contributed by atoms with Crippen molar-refractivity contribution in [3.63, 3.8) is 0 Å². The van der Waals surface area contributed by atoms with Gasteiger partial charge in [0.15, 0.2) is 5.82 Å². The summed E-state index contributed by atoms with van der Waals surface area (Å²) in [7, 11) is 0. The summed E-state index contributed by atoms with van der Waals surface area (Å²) >= 11 is 0. The lowest BCUT2D eigenvalue weighted by atomic mass is 10.2. The summed E-state index contributed by atoms with van der Waals surface area (Å²) in [5.41, 5.74) is 2.10. The van der Waals surface area contributed by atoms with E-state index in [2.05, 4.69) is 10.5 Å². The van der Waals surface area contributed by atoms with Gasteiger partial charge in [-0.2, -0.15) is 5.10 Å². The molecular formula is C13H9F2N3O3. The molecule has 0 aliphatic heterocycles. The molecule has 0 heterocycles. The van der Waals surface area contributed by atoms with Gasteiger partial charge in [-0.05, 0) is 18.2 Å². The van der Waals surface area contributed by atoms with E-state index in [0.717, 1.165) is 36.5 Å². The molecule has 2 rings (SSSR count). The fourth-order valence-corrected chi connectivity index (χ4v) is 1.51. The van der Waals surface area contributed by atoms with Crippen molar-refractivity contribution in [1.82, 2.24) is 0 Å². The highest BCUT2D eigenvalue weighted by Gasteiger charge is 2.08. The highest BCUT2D eigenvalue weighted by molar-refractivity contribution is 5.84. The number of hydrazone groups is 1. The predicted octanol–water partition coefficient (Wildman–Crippen LogP) is 3.02. The smallest absolute Gasteiger partial charge is 0.270 e. The third-order valence-corrected chi connectivity index (χ3v) is 2.54. The third kappa shape index (κ3) is 3.50. The van der Waals surface area contributed by atoms with Crippen LogP contribution >= 0.6 is 0 Å². The van der Waals surface area contributed by atoms with Crippen LogP contribution in [-0.4, -0.2) is 16.2 Å². The van der Waals surface area contributed by atoms with Gasteiger partial charge in [-0.25, -0.2) is 8.78 Å². The number of anilines is 1. The molecule has 108 valence electrons. The first-order chi connectivity index (χ1) is 9.97. The van der Waals surface area contributed by atoms with Gasteiger partial charge in [0.05, 0.1) is 16.8 Å². The normalized spacial score (nSPS) is 10.8. The average molecular weight is 293 g/mol. The summed E-state index contributed by atoms with van der Waals surface area (Å²) in [5.74, 6) is -1.78. The van der Waals surface area contributed by atoms with Crippen molar-refractivity contribution in [2.75, 3.05) is 5.43 Å². The van der Waals surface area contributed by atoms with Crippen LogP contribution in [0.4, 0.5) is 20.2 Å². The quantitative estimate of drug-likeness (QED) is 0.515. The molecule has 0 unspecified atom stereocenters. The fraction of sp³-hybridized carbons (Fsp3) is 0. The highest BCUT2D eigenvalue weighted by Crippen LogP contribution is 2.21. The van der Waals surface area contributed by atoms with Gasteiger partial charge in [-0.3, -0.25) is 15.5 Å². The topological polar surface area (TPSA) is 87.8 Å². The molecule has 0 aliphatic carbocycles. The highest BCUT2D eigenvalue weighted by atomic mass is 19.1. The van der Waals surface area contributed by atoms with E-state index >= 15 is 0 Å². The van der Waals surface area contributed by atoms with E-state index in [1.807, 2.05) is 0 Å². The minimum Gasteiger partial charge on any atom is -0.507 e. The molecule has 0 bridgehead atoms. The lowest BCUT2D eigenvalue weighted by molar-refractivity contribution is -0.384. The van der Waals surface area contributed by atoms with Gasteiger partial charge < -0.3 is 5.11 Å². The Kier molecular flexibility index (Phi) is 4.07. The third-order valence-electron chi connectivity index (χ3n) is 2.54. The zero-order chi connectivity index (χ0) is 15.4. The Hall–Kier alpha value is -3.03. The maximum atomic E-state index is 13.3. The van der Waals surface area contributed by atoms with Gasteiger partial charge in [0.2, 0.25) is 0 Å². The van der Waals surface area contributed by atoms with Crippen molar-refractivity contribution >= 4 is 17.6 Å². The number of hydrogen-bond acceptors (Lipinski definition) is 5. The summed E-state index contributed by atoms with van der Waals surface area (Å²) in [6.45, 7) is 0. The Balaban J connectivity index is 2.17. The Labute approximate surface area is 117 Å². The van der Waals surface area contributed by atoms with Crippen molar-refractivity contribution in [3.8, 4) is 5.75 Å². The Morgan fingerprint density at radius 1 is 1.24 bits per heavy atom. The van der Waals surface area contributed by atoms with Crippen LogP contribution in [0, 0.1) is 21.7 Å². The summed E-state index contributed by atoms with van der Waals surface area (Å²) in [4.78, 5) is 9.99. The molecule has 2 aromatic carbocycles. The molecule has 0 radical (unpaired) electrons. The van der Waals surface area contributed by atoms with Crippen molar-refractivity contribution in [2.45, 2.75) is 0 Å². The molecule has 0 spiro atoms. The van der Waals surface area contributed by atoms with E-state index in [0.29, 0.717) is 6.07 Å². The van der Waals surface area contributed by atoms with Gasteiger partial charge >= 0.3 is 0 Å². The van der Waals surface area contributed by atoms with E-state index < -0.39 is 16.6 Å². The molecule has 0 aliphatic rings. The number of phenolic OH excluding ortho intramolecular Hbond substituents is 1. The van der Waals surface area contributed by atoms with Gasteiger partial charge in [-0.1, -0.05) is 0 Å². The van der Waals surface area contributed by atoms with Gasteiger partial charge in [0.25, 0.3) is 5.69 Å². The second kappa shape index (κ2) is 5.95. The number of rotatable bonds is 4. The first-order valence-corrected chi connectivity index (χ1v) is 5.69. The number of nitrogens with one attached hydrogen (secondary N) is 1. The standard InChI is InChI=1S/C13H9F2N3O3/c14-9-1-3-12(11(15)6-9)17-16-7-8-5-10(18(20)21)2-4-13(8)19/h1-7,17,19H/b16-7+. The number of benzene rings is 2. The van der Waals surface area contributed by atoms with E-state index in [4.69, 9.17) is 0 Å². The lowest BCUT2D eigenvalue weighted by Crippen LogP contribution is -1.95. The summed E-state index contributed by atoms with van der Waals surface area (Å²) in [5, 5.41) is 23.8. The summed E-state index contributed by atoms with van der Waals surface area (Å²) in [6.07, 6.45) is 1.09. The minimum atomic E-state index is -0.838. The number of nitro benzene ring substituents is 1. The molecule has 0 saturated carbocycles. The average Bonchev–Trinajstić information content (AvgIpc) is 2.43. The lowest BCUT2D eigenvalue weighted by Gasteiger charge is -2.02. The fourth-order valence-electron chi connectivity index (χ4n) is 1.51. The molecule has 0 aromatic heterocycles. The zero-order valence-electron chi connectivity index (χ0n) is 10.5. The molecular weight excluding hydrogens is 284 g/mol. The van der Waals surface area contributed by atoms with Gasteiger partial charge in [0, 0.05) is 23.8 Å². The molecule has 2 N–H and O–H groups in total. The second-order valence-electron chi connectivity index (χ2n) is 3.99. The number of nitro groups is 1. The van der Waals surface area contributed by atoms with E-state index in [9.17, 15) is 24.0 Å². The molecule has 0 atom stereocenters. The van der Waals surface area contributed by atoms with Crippen LogP contribution in [0.1, 0.15) is 5.56 Å². The van der Waals surface area contributed by atoms with E-state index in [1.54, 1.807) is 0 Å². The molecule has 8 heteroatoms. The Morgan fingerprint density at radius 2 is 2.00 bits per heavy atom. The predicted molar refractivity (Wildman–Crippen MR) is 72.3 cm³/mol. The van der Waals surface area contributed by atoms with Crippen LogP contribution in [0.5, 0.6) is 5.75 Å². The number of phenols is 1. The maximum Gasteiger partial charge on any atom is 0.270 e. The number of aromatic hydroxyl groups is 1. The number of halogens is 2. The second-order valence-corrected chi connectivity index (χ2v) is 3.99. The Morgan fingerprint density at radius 3 is 2.67 bits per heavy atom. The molecule has 21 heavy (non-hydrogen) atoms. The first kappa shape index (κ1) is 14.4. The number of nitrogens with zero attached hydrogens (tertiary/aromatic N) is 2.